The smallest absolute Gasteiger partial charge is 0.151 e. The summed E-state index contributed by atoms with van der Waals surface area (Å²) in [6.07, 6.45) is 0.130. The van der Waals surface area contributed by atoms with Crippen molar-refractivity contribution in [3.63, 3.8) is 0 Å². The Morgan fingerprint density at radius 2 is 2.11 bits per heavy atom. The van der Waals surface area contributed by atoms with Crippen LogP contribution in [0.2, 0.25) is 0 Å². The van der Waals surface area contributed by atoms with Crippen molar-refractivity contribution >= 4 is 22.6 Å². The molecule has 0 bridgehead atoms. The summed E-state index contributed by atoms with van der Waals surface area (Å²) in [7, 11) is 3.95. The van der Waals surface area contributed by atoms with Gasteiger partial charge >= 0.3 is 0 Å². The Labute approximate surface area is 68.4 Å². The second-order valence-electron chi connectivity index (χ2n) is 2.16. The summed E-state index contributed by atoms with van der Waals surface area (Å²) < 4.78 is 10.6. The van der Waals surface area contributed by atoms with E-state index < -0.39 is 0 Å². The summed E-state index contributed by atoms with van der Waals surface area (Å²) in [6.45, 7) is 0.427. The number of ether oxygens (including phenoxy) is 2. The van der Waals surface area contributed by atoms with Crippen LogP contribution in [0.3, 0.4) is 0 Å². The zero-order valence-electron chi connectivity index (χ0n) is 5.50. The van der Waals surface area contributed by atoms with E-state index in [0.717, 1.165) is 0 Å². The van der Waals surface area contributed by atoms with Crippen molar-refractivity contribution in [2.75, 3.05) is 20.9 Å². The highest BCUT2D eigenvalue weighted by atomic mass is 127. The van der Waals surface area contributed by atoms with Gasteiger partial charge in [0.05, 0.1) is 0 Å². The van der Waals surface area contributed by atoms with Gasteiger partial charge in [-0.25, -0.2) is 0 Å². The molecule has 4 heteroatoms. The predicted molar refractivity (Wildman–Crippen MR) is 42.3 cm³/mol. The summed E-state index contributed by atoms with van der Waals surface area (Å²) in [5.74, 6) is 0. The van der Waals surface area contributed by atoms with Crippen LogP contribution in [0.1, 0.15) is 0 Å². The molecule has 1 saturated heterocycles. The van der Waals surface area contributed by atoms with Gasteiger partial charge in [-0.15, -0.1) is 0 Å². The number of hydrogen-bond acceptors (Lipinski definition) is 3. The number of hydrogen-bond donors (Lipinski definition) is 0. The molecule has 0 aromatic carbocycles. The van der Waals surface area contributed by atoms with Gasteiger partial charge in [0.25, 0.3) is 0 Å². The largest absolute Gasteiger partial charge is 0.338 e. The molecule has 54 valence electrons. The van der Waals surface area contributed by atoms with E-state index in [2.05, 4.69) is 22.6 Å². The van der Waals surface area contributed by atoms with Gasteiger partial charge in [-0.05, 0) is 36.7 Å². The Morgan fingerprint density at radius 1 is 1.44 bits per heavy atom. The molecule has 1 rings (SSSR count). The van der Waals surface area contributed by atoms with Gasteiger partial charge in [0.2, 0.25) is 0 Å². The molecule has 3 nitrogen and oxygen atoms in total. The molecule has 2 atom stereocenters. The minimum absolute atomic E-state index is 0.130. The van der Waals surface area contributed by atoms with Crippen LogP contribution in [0.4, 0.5) is 0 Å². The molecule has 1 aliphatic rings. The molecule has 0 spiro atoms. The van der Waals surface area contributed by atoms with Gasteiger partial charge in [-0.3, -0.25) is 4.90 Å². The van der Waals surface area contributed by atoms with E-state index in [-0.39, 0.29) is 10.3 Å². The van der Waals surface area contributed by atoms with Crippen molar-refractivity contribution in [1.82, 2.24) is 4.90 Å². The summed E-state index contributed by atoms with van der Waals surface area (Å²) in [4.78, 5) is 2.00. The molecule has 0 saturated carbocycles. The van der Waals surface area contributed by atoms with E-state index in [0.29, 0.717) is 6.79 Å². The number of rotatable bonds is 1. The molecule has 1 fully saturated rings. The lowest BCUT2D eigenvalue weighted by atomic mass is 10.6. The van der Waals surface area contributed by atoms with Crippen molar-refractivity contribution < 1.29 is 9.47 Å². The van der Waals surface area contributed by atoms with Gasteiger partial charge < -0.3 is 9.47 Å². The zero-order chi connectivity index (χ0) is 6.85. The summed E-state index contributed by atoms with van der Waals surface area (Å²) in [6, 6.07) is 0. The van der Waals surface area contributed by atoms with Crippen molar-refractivity contribution in [2.45, 2.75) is 10.3 Å². The molecular formula is C5H10INO2. The van der Waals surface area contributed by atoms with Gasteiger partial charge in [0.15, 0.2) is 10.9 Å². The molecule has 1 aliphatic heterocycles. The molecular weight excluding hydrogens is 233 g/mol. The Bertz CT molecular complexity index is 99.0. The molecule has 0 radical (unpaired) electrons. The van der Waals surface area contributed by atoms with E-state index in [9.17, 15) is 0 Å². The van der Waals surface area contributed by atoms with Crippen LogP contribution in [0, 0.1) is 0 Å². The van der Waals surface area contributed by atoms with Crippen LogP contribution in [-0.4, -0.2) is 36.1 Å². The van der Waals surface area contributed by atoms with Crippen LogP contribution in [0.15, 0.2) is 0 Å². The second-order valence-corrected chi connectivity index (χ2v) is 3.38. The summed E-state index contributed by atoms with van der Waals surface area (Å²) >= 11 is 2.22. The predicted octanol–water partition coefficient (Wildman–Crippen LogP) is 0.639. The fourth-order valence-corrected chi connectivity index (χ4v) is 1.71. The van der Waals surface area contributed by atoms with E-state index in [1.165, 1.54) is 0 Å². The third-order valence-electron chi connectivity index (χ3n) is 1.20. The van der Waals surface area contributed by atoms with Gasteiger partial charge in [0.1, 0.15) is 6.23 Å². The van der Waals surface area contributed by atoms with Crippen molar-refractivity contribution in [2.24, 2.45) is 0 Å². The molecule has 2 unspecified atom stereocenters. The molecule has 0 amide bonds. The number of likely N-dealkylation sites (N-methyl/N-ethyl adjacent to an activating group) is 1. The van der Waals surface area contributed by atoms with Crippen molar-refractivity contribution in [3.8, 4) is 0 Å². The average Bonchev–Trinajstić information content (AvgIpc) is 2.13. The fourth-order valence-electron chi connectivity index (χ4n) is 0.715. The highest BCUT2D eigenvalue weighted by Crippen LogP contribution is 2.19. The maximum atomic E-state index is 5.22. The zero-order valence-corrected chi connectivity index (χ0v) is 7.66. The highest BCUT2D eigenvalue weighted by molar-refractivity contribution is 14.1. The average molecular weight is 243 g/mol. The molecule has 0 aliphatic carbocycles. The third kappa shape index (κ3) is 1.76. The normalized spacial score (nSPS) is 36.0. The Morgan fingerprint density at radius 3 is 2.33 bits per heavy atom. The Balaban J connectivity index is 2.40. The first-order chi connectivity index (χ1) is 4.22. The molecule has 0 aromatic rings. The standard InChI is InChI=1S/C5H10INO2/c1-7(2)5-4(6)8-3-9-5/h4-5H,3H2,1-2H3. The molecule has 0 aromatic heterocycles. The van der Waals surface area contributed by atoms with Crippen LogP contribution in [-0.2, 0) is 9.47 Å². The van der Waals surface area contributed by atoms with Crippen LogP contribution >= 0.6 is 22.6 Å². The van der Waals surface area contributed by atoms with E-state index in [1.807, 2.05) is 19.0 Å². The molecule has 0 N–H and O–H groups in total. The molecule has 1 heterocycles. The van der Waals surface area contributed by atoms with Crippen LogP contribution in [0.25, 0.3) is 0 Å². The van der Waals surface area contributed by atoms with E-state index in [4.69, 9.17) is 9.47 Å². The summed E-state index contributed by atoms with van der Waals surface area (Å²) in [5, 5.41) is 0. The first-order valence-electron chi connectivity index (χ1n) is 2.75. The lowest BCUT2D eigenvalue weighted by Crippen LogP contribution is -2.33. The van der Waals surface area contributed by atoms with Crippen LogP contribution in [0.5, 0.6) is 0 Å². The minimum Gasteiger partial charge on any atom is -0.338 e. The van der Waals surface area contributed by atoms with Gasteiger partial charge in [-0.2, -0.15) is 0 Å². The van der Waals surface area contributed by atoms with Crippen molar-refractivity contribution in [3.05, 3.63) is 0 Å². The number of halogens is 1. The fraction of sp³-hybridized carbons (Fsp3) is 1.00. The van der Waals surface area contributed by atoms with E-state index >= 15 is 0 Å². The lowest BCUT2D eigenvalue weighted by Gasteiger charge is -2.18. The second kappa shape index (κ2) is 3.14. The first-order valence-corrected chi connectivity index (χ1v) is 4.00. The maximum absolute atomic E-state index is 5.22. The maximum Gasteiger partial charge on any atom is 0.151 e. The quantitative estimate of drug-likeness (QED) is 0.498. The molecule has 9 heavy (non-hydrogen) atoms. The monoisotopic (exact) mass is 243 g/mol. The van der Waals surface area contributed by atoms with E-state index in [1.54, 1.807) is 0 Å². The number of alkyl halides is 1. The highest BCUT2D eigenvalue weighted by Gasteiger charge is 2.27. The van der Waals surface area contributed by atoms with Gasteiger partial charge in [-0.1, -0.05) is 0 Å². The van der Waals surface area contributed by atoms with Crippen molar-refractivity contribution in [1.29, 1.82) is 0 Å². The van der Waals surface area contributed by atoms with Gasteiger partial charge in [0, 0.05) is 0 Å². The minimum atomic E-state index is 0.130. The lowest BCUT2D eigenvalue weighted by molar-refractivity contribution is -0.00358. The topological polar surface area (TPSA) is 21.7 Å². The van der Waals surface area contributed by atoms with Crippen LogP contribution < -0.4 is 0 Å². The Kier molecular flexibility index (Phi) is 2.69. The Hall–Kier alpha value is 0.610. The third-order valence-corrected chi connectivity index (χ3v) is 2.17. The number of nitrogens with zero attached hydrogens (tertiary/aromatic N) is 1. The summed E-state index contributed by atoms with van der Waals surface area (Å²) in [5.41, 5.74) is 0. The SMILES string of the molecule is CN(C)C1OCOC1I. The first kappa shape index (κ1) is 7.71.